The number of ether oxygens (including phenoxy) is 2. The molecule has 0 radical (unpaired) electrons. The van der Waals surface area contributed by atoms with Crippen molar-refractivity contribution in [2.45, 2.75) is 45.1 Å². The summed E-state index contributed by atoms with van der Waals surface area (Å²) in [5.41, 5.74) is 6.35. The van der Waals surface area contributed by atoms with Gasteiger partial charge < -0.3 is 20.1 Å². The molecule has 0 aromatic rings. The Balaban J connectivity index is 2.43. The van der Waals surface area contributed by atoms with E-state index in [4.69, 9.17) is 15.2 Å². The first kappa shape index (κ1) is 17.9. The van der Waals surface area contributed by atoms with Gasteiger partial charge in [0.1, 0.15) is 0 Å². The summed E-state index contributed by atoms with van der Waals surface area (Å²) < 4.78 is 10.4. The first-order chi connectivity index (χ1) is 9.71. The molecule has 4 heteroatoms. The molecule has 1 saturated carbocycles. The average Bonchev–Trinajstić information content (AvgIpc) is 2.46. The topological polar surface area (TPSA) is 47.7 Å². The monoisotopic (exact) mass is 286 g/mol. The van der Waals surface area contributed by atoms with Crippen molar-refractivity contribution in [3.8, 4) is 0 Å². The molecule has 0 aromatic heterocycles. The van der Waals surface area contributed by atoms with Crippen molar-refractivity contribution in [3.05, 3.63) is 0 Å². The number of hydrogen-bond acceptors (Lipinski definition) is 4. The Morgan fingerprint density at radius 3 is 2.50 bits per heavy atom. The maximum atomic E-state index is 6.35. The third-order valence-electron chi connectivity index (χ3n) is 4.65. The SMILES string of the molecule is CCC1CCC(N)C(CN(CCCOC)CCOC)C1. The molecule has 0 spiro atoms. The fourth-order valence-electron chi connectivity index (χ4n) is 3.24. The largest absolute Gasteiger partial charge is 0.385 e. The lowest BCUT2D eigenvalue weighted by atomic mass is 9.77. The van der Waals surface area contributed by atoms with Gasteiger partial charge in [-0.05, 0) is 37.5 Å². The molecule has 0 heterocycles. The highest BCUT2D eigenvalue weighted by Crippen LogP contribution is 2.30. The van der Waals surface area contributed by atoms with Crippen LogP contribution in [0.5, 0.6) is 0 Å². The molecular weight excluding hydrogens is 252 g/mol. The second-order valence-corrected chi connectivity index (χ2v) is 6.15. The van der Waals surface area contributed by atoms with Crippen molar-refractivity contribution in [2.24, 2.45) is 17.6 Å². The minimum atomic E-state index is 0.380. The second-order valence-electron chi connectivity index (χ2n) is 6.15. The number of nitrogens with zero attached hydrogens (tertiary/aromatic N) is 1. The Bertz CT molecular complexity index is 239. The predicted octanol–water partition coefficient (Wildman–Crippen LogP) is 2.12. The third-order valence-corrected chi connectivity index (χ3v) is 4.65. The van der Waals surface area contributed by atoms with Crippen molar-refractivity contribution in [1.29, 1.82) is 0 Å². The quantitative estimate of drug-likeness (QED) is 0.625. The van der Waals surface area contributed by atoms with Crippen LogP contribution in [0.15, 0.2) is 0 Å². The van der Waals surface area contributed by atoms with Gasteiger partial charge in [0, 0.05) is 46.5 Å². The van der Waals surface area contributed by atoms with E-state index in [-0.39, 0.29) is 0 Å². The molecule has 1 rings (SSSR count). The van der Waals surface area contributed by atoms with Gasteiger partial charge >= 0.3 is 0 Å². The molecule has 0 aromatic carbocycles. The minimum Gasteiger partial charge on any atom is -0.385 e. The van der Waals surface area contributed by atoms with Crippen LogP contribution >= 0.6 is 0 Å². The number of nitrogens with two attached hydrogens (primary N) is 1. The van der Waals surface area contributed by atoms with Crippen LogP contribution in [0.25, 0.3) is 0 Å². The van der Waals surface area contributed by atoms with Crippen LogP contribution in [0, 0.1) is 11.8 Å². The molecule has 0 aliphatic heterocycles. The fourth-order valence-corrected chi connectivity index (χ4v) is 3.24. The Morgan fingerprint density at radius 1 is 1.10 bits per heavy atom. The molecule has 1 aliphatic carbocycles. The lowest BCUT2D eigenvalue weighted by Gasteiger charge is -2.37. The number of rotatable bonds is 10. The van der Waals surface area contributed by atoms with Crippen LogP contribution in [0.4, 0.5) is 0 Å². The molecule has 1 aliphatic rings. The van der Waals surface area contributed by atoms with Crippen molar-refractivity contribution in [1.82, 2.24) is 4.90 Å². The van der Waals surface area contributed by atoms with E-state index in [1.807, 2.05) is 0 Å². The van der Waals surface area contributed by atoms with E-state index in [1.165, 1.54) is 25.7 Å². The lowest BCUT2D eigenvalue weighted by Crippen LogP contribution is -2.44. The molecule has 0 saturated heterocycles. The van der Waals surface area contributed by atoms with Gasteiger partial charge in [-0.1, -0.05) is 13.3 Å². The van der Waals surface area contributed by atoms with Crippen LogP contribution in [0.3, 0.4) is 0 Å². The summed E-state index contributed by atoms with van der Waals surface area (Å²) in [6.45, 7) is 7.13. The maximum absolute atomic E-state index is 6.35. The molecule has 4 nitrogen and oxygen atoms in total. The molecule has 0 bridgehead atoms. The standard InChI is InChI=1S/C16H34N2O2/c1-4-14-6-7-16(17)15(12-14)13-18(9-11-20-3)8-5-10-19-2/h14-16H,4-13,17H2,1-3H3. The first-order valence-electron chi connectivity index (χ1n) is 8.17. The molecule has 2 N–H and O–H groups in total. The Hall–Kier alpha value is -0.160. The van der Waals surface area contributed by atoms with E-state index in [1.54, 1.807) is 14.2 Å². The molecule has 0 amide bonds. The molecule has 20 heavy (non-hydrogen) atoms. The fraction of sp³-hybridized carbons (Fsp3) is 1.00. The maximum Gasteiger partial charge on any atom is 0.0589 e. The highest BCUT2D eigenvalue weighted by Gasteiger charge is 2.28. The Morgan fingerprint density at radius 2 is 1.85 bits per heavy atom. The van der Waals surface area contributed by atoms with Gasteiger partial charge in [-0.25, -0.2) is 0 Å². The van der Waals surface area contributed by atoms with Crippen molar-refractivity contribution in [2.75, 3.05) is 47.1 Å². The van der Waals surface area contributed by atoms with E-state index in [2.05, 4.69) is 11.8 Å². The van der Waals surface area contributed by atoms with E-state index < -0.39 is 0 Å². The summed E-state index contributed by atoms with van der Waals surface area (Å²) in [6, 6.07) is 0.380. The summed E-state index contributed by atoms with van der Waals surface area (Å²) in [6.07, 6.45) is 6.19. The third kappa shape index (κ3) is 6.53. The Kier molecular flexibility index (Phi) is 9.44. The van der Waals surface area contributed by atoms with Crippen molar-refractivity contribution >= 4 is 0 Å². The summed E-state index contributed by atoms with van der Waals surface area (Å²) in [4.78, 5) is 2.51. The van der Waals surface area contributed by atoms with Crippen LogP contribution in [-0.4, -0.2) is 58.0 Å². The summed E-state index contributed by atoms with van der Waals surface area (Å²) >= 11 is 0. The molecule has 120 valence electrons. The number of methoxy groups -OCH3 is 2. The predicted molar refractivity (Wildman–Crippen MR) is 83.9 cm³/mol. The zero-order valence-corrected chi connectivity index (χ0v) is 13.6. The highest BCUT2D eigenvalue weighted by atomic mass is 16.5. The van der Waals surface area contributed by atoms with Gasteiger partial charge in [-0.15, -0.1) is 0 Å². The van der Waals surface area contributed by atoms with Crippen LogP contribution in [-0.2, 0) is 9.47 Å². The van der Waals surface area contributed by atoms with Gasteiger partial charge in [0.15, 0.2) is 0 Å². The first-order valence-corrected chi connectivity index (χ1v) is 8.17. The minimum absolute atomic E-state index is 0.380. The molecule has 3 atom stereocenters. The smallest absolute Gasteiger partial charge is 0.0589 e. The van der Waals surface area contributed by atoms with E-state index in [0.29, 0.717) is 12.0 Å². The van der Waals surface area contributed by atoms with Crippen molar-refractivity contribution in [3.63, 3.8) is 0 Å². The Labute approximate surface area is 125 Å². The molecule has 3 unspecified atom stereocenters. The van der Waals surface area contributed by atoms with Crippen LogP contribution in [0.1, 0.15) is 39.0 Å². The van der Waals surface area contributed by atoms with E-state index >= 15 is 0 Å². The van der Waals surface area contributed by atoms with E-state index in [9.17, 15) is 0 Å². The summed E-state index contributed by atoms with van der Waals surface area (Å²) in [7, 11) is 3.54. The zero-order chi connectivity index (χ0) is 14.8. The molecular formula is C16H34N2O2. The van der Waals surface area contributed by atoms with Gasteiger partial charge in [0.2, 0.25) is 0 Å². The molecule has 1 fully saturated rings. The summed E-state index contributed by atoms with van der Waals surface area (Å²) in [5, 5.41) is 0. The summed E-state index contributed by atoms with van der Waals surface area (Å²) in [5.74, 6) is 1.52. The van der Waals surface area contributed by atoms with Gasteiger partial charge in [-0.2, -0.15) is 0 Å². The second kappa shape index (κ2) is 10.6. The average molecular weight is 286 g/mol. The van der Waals surface area contributed by atoms with Gasteiger partial charge in [-0.3, -0.25) is 0 Å². The number of hydrogen-bond donors (Lipinski definition) is 1. The van der Waals surface area contributed by atoms with Crippen LogP contribution < -0.4 is 5.73 Å². The van der Waals surface area contributed by atoms with Gasteiger partial charge in [0.25, 0.3) is 0 Å². The zero-order valence-electron chi connectivity index (χ0n) is 13.6. The lowest BCUT2D eigenvalue weighted by molar-refractivity contribution is 0.103. The highest BCUT2D eigenvalue weighted by molar-refractivity contribution is 4.84. The van der Waals surface area contributed by atoms with Crippen molar-refractivity contribution < 1.29 is 9.47 Å². The van der Waals surface area contributed by atoms with E-state index in [0.717, 1.165) is 45.2 Å². The van der Waals surface area contributed by atoms with Gasteiger partial charge in [0.05, 0.1) is 6.61 Å². The normalized spacial score (nSPS) is 27.1. The van der Waals surface area contributed by atoms with Crippen LogP contribution in [0.2, 0.25) is 0 Å².